The molecule has 0 aliphatic rings. The molecule has 1 aromatic heterocycles. The van der Waals surface area contributed by atoms with Crippen LogP contribution >= 0.6 is 19.4 Å². The first-order valence-electron chi connectivity index (χ1n) is 11.6. The van der Waals surface area contributed by atoms with Crippen molar-refractivity contribution in [1.29, 1.82) is 0 Å². The number of aromatic nitrogens is 1. The number of hydrogen-bond donors (Lipinski definition) is 5. The molecule has 2 aromatic carbocycles. The van der Waals surface area contributed by atoms with Crippen molar-refractivity contribution in [3.05, 3.63) is 70.9 Å². The number of carbonyl (C=O) groups excluding carboxylic acids is 2. The van der Waals surface area contributed by atoms with Crippen LogP contribution in [0.15, 0.2) is 48.7 Å². The monoisotopic (exact) mass is 602 g/mol. The molecular weight excluding hydrogens is 577 g/mol. The number of benzene rings is 2. The van der Waals surface area contributed by atoms with E-state index in [9.17, 15) is 28.0 Å². The van der Waals surface area contributed by atoms with E-state index in [1.807, 2.05) is 0 Å². The first-order valence-corrected chi connectivity index (χ1v) is 13.5. The summed E-state index contributed by atoms with van der Waals surface area (Å²) in [5.74, 6) is -1.08. The topological polar surface area (TPSA) is 171 Å². The van der Waals surface area contributed by atoms with Crippen LogP contribution in [0.4, 0.5) is 24.2 Å². The summed E-state index contributed by atoms with van der Waals surface area (Å²) in [7, 11) is -3.55. The number of anilines is 1. The van der Waals surface area contributed by atoms with E-state index in [0.29, 0.717) is 16.3 Å². The fraction of sp³-hybridized carbons (Fsp3) is 0.292. The summed E-state index contributed by atoms with van der Waals surface area (Å²) < 4.78 is 47.7. The first kappa shape index (κ1) is 31.1. The molecule has 0 spiro atoms. The summed E-state index contributed by atoms with van der Waals surface area (Å²) >= 11 is 5.91. The smallest absolute Gasteiger partial charge is 0.447 e. The van der Waals surface area contributed by atoms with E-state index in [1.54, 1.807) is 0 Å². The molecule has 2 atom stereocenters. The van der Waals surface area contributed by atoms with Gasteiger partial charge in [-0.05, 0) is 47.7 Å². The number of carbonyl (C=O) groups is 2. The zero-order valence-electron chi connectivity index (χ0n) is 21.0. The van der Waals surface area contributed by atoms with Gasteiger partial charge in [-0.2, -0.15) is 0 Å². The fourth-order valence-electron chi connectivity index (χ4n) is 3.54. The minimum Gasteiger partial charge on any atom is -0.447 e. The van der Waals surface area contributed by atoms with Crippen molar-refractivity contribution < 1.29 is 47.1 Å². The zero-order chi connectivity index (χ0) is 29.4. The molecule has 3 aromatic rings. The van der Waals surface area contributed by atoms with Gasteiger partial charge in [0.1, 0.15) is 24.1 Å². The quantitative estimate of drug-likeness (QED) is 0.205. The molecule has 216 valence electrons. The molecule has 3 rings (SSSR count). The third kappa shape index (κ3) is 9.37. The average molecular weight is 603 g/mol. The van der Waals surface area contributed by atoms with Crippen LogP contribution in [0.2, 0.25) is 5.02 Å². The lowest BCUT2D eigenvalue weighted by Gasteiger charge is -2.29. The molecule has 0 aliphatic heterocycles. The lowest BCUT2D eigenvalue weighted by atomic mass is 10.1. The second kappa shape index (κ2) is 13.8. The molecule has 0 saturated carbocycles. The van der Waals surface area contributed by atoms with Gasteiger partial charge in [0.15, 0.2) is 0 Å². The van der Waals surface area contributed by atoms with Gasteiger partial charge in [-0.3, -0.25) is 9.84 Å². The number of aliphatic hydroxyl groups is 1. The third-order valence-corrected chi connectivity index (χ3v) is 6.54. The van der Waals surface area contributed by atoms with Gasteiger partial charge >= 0.3 is 19.9 Å². The summed E-state index contributed by atoms with van der Waals surface area (Å²) in [4.78, 5) is 48.1. The highest BCUT2D eigenvalue weighted by Gasteiger charge is 2.27. The van der Waals surface area contributed by atoms with Gasteiger partial charge in [0.05, 0.1) is 23.8 Å². The van der Waals surface area contributed by atoms with Crippen molar-refractivity contribution in [2.45, 2.75) is 25.1 Å². The molecule has 5 N–H and O–H groups in total. The Balaban J connectivity index is 1.65. The molecular formula is C24H26ClF2N4O8P. The number of nitrogens with one attached hydrogen (secondary N) is 2. The number of phosphoric acid groups is 1. The average Bonchev–Trinajstić information content (AvgIpc) is 2.89. The molecule has 3 amide bonds. The van der Waals surface area contributed by atoms with Gasteiger partial charge < -0.3 is 29.8 Å². The summed E-state index contributed by atoms with van der Waals surface area (Å²) in [6.07, 6.45) is -1.33. The molecule has 16 heteroatoms. The molecule has 0 bridgehead atoms. The SMILES string of the molecule is CN(C(=O)NCc1cccc(F)c1Cl)[C@H](COC(=O)Nc1cc2cc(F)ccc2cn1)C[C@H](O)COP(=O)(O)O. The highest BCUT2D eigenvalue weighted by Crippen LogP contribution is 2.36. The normalized spacial score (nSPS) is 13.0. The first-order chi connectivity index (χ1) is 18.8. The van der Waals surface area contributed by atoms with Crippen LogP contribution in [0.25, 0.3) is 10.8 Å². The summed E-state index contributed by atoms with van der Waals surface area (Å²) in [5, 5.41) is 16.1. The Bertz CT molecular complexity index is 1410. The maximum absolute atomic E-state index is 13.7. The van der Waals surface area contributed by atoms with Crippen molar-refractivity contribution in [3.8, 4) is 0 Å². The maximum atomic E-state index is 13.7. The number of aliphatic hydroxyl groups excluding tert-OH is 1. The summed E-state index contributed by atoms with van der Waals surface area (Å²) in [5.41, 5.74) is 0.299. The number of hydrogen-bond acceptors (Lipinski definition) is 7. The number of ether oxygens (including phenoxy) is 1. The van der Waals surface area contributed by atoms with Gasteiger partial charge in [-0.25, -0.2) is 27.9 Å². The Morgan fingerprint density at radius 2 is 1.90 bits per heavy atom. The highest BCUT2D eigenvalue weighted by molar-refractivity contribution is 7.46. The number of phosphoric ester groups is 1. The lowest BCUT2D eigenvalue weighted by Crippen LogP contribution is -2.47. The van der Waals surface area contributed by atoms with Crippen LogP contribution in [0.3, 0.4) is 0 Å². The number of nitrogens with zero attached hydrogens (tertiary/aromatic N) is 2. The van der Waals surface area contributed by atoms with E-state index >= 15 is 0 Å². The van der Waals surface area contributed by atoms with Gasteiger partial charge in [0, 0.05) is 25.2 Å². The predicted octanol–water partition coefficient (Wildman–Crippen LogP) is 3.79. The summed E-state index contributed by atoms with van der Waals surface area (Å²) in [6, 6.07) is 7.84. The lowest BCUT2D eigenvalue weighted by molar-refractivity contribution is 0.0452. The number of amides is 3. The number of urea groups is 1. The largest absolute Gasteiger partial charge is 0.469 e. The minimum absolute atomic E-state index is 0.0628. The molecule has 0 saturated heterocycles. The van der Waals surface area contributed by atoms with Crippen molar-refractivity contribution in [3.63, 3.8) is 0 Å². The number of rotatable bonds is 11. The Kier molecular flexibility index (Phi) is 10.7. The molecule has 12 nitrogen and oxygen atoms in total. The van der Waals surface area contributed by atoms with Gasteiger partial charge in [0.2, 0.25) is 0 Å². The molecule has 40 heavy (non-hydrogen) atoms. The van der Waals surface area contributed by atoms with E-state index < -0.39 is 56.9 Å². The number of halogens is 3. The van der Waals surface area contributed by atoms with Crippen LogP contribution in [0.1, 0.15) is 12.0 Å². The number of likely N-dealkylation sites (N-methyl/N-ethyl adjacent to an activating group) is 1. The number of pyridine rings is 1. The van der Waals surface area contributed by atoms with Crippen LogP contribution in [0, 0.1) is 11.6 Å². The van der Waals surface area contributed by atoms with Crippen LogP contribution < -0.4 is 10.6 Å². The molecule has 0 unspecified atom stereocenters. The highest BCUT2D eigenvalue weighted by atomic mass is 35.5. The van der Waals surface area contributed by atoms with Gasteiger partial charge in [0.25, 0.3) is 0 Å². The third-order valence-electron chi connectivity index (χ3n) is 5.63. The van der Waals surface area contributed by atoms with Crippen LogP contribution in [-0.4, -0.2) is 69.3 Å². The van der Waals surface area contributed by atoms with Crippen molar-refractivity contribution in [2.24, 2.45) is 0 Å². The zero-order valence-corrected chi connectivity index (χ0v) is 22.6. The maximum Gasteiger partial charge on any atom is 0.469 e. The standard InChI is InChI=1S/C24H26ClF2N4O8P/c1-31(23(33)29-11-15-3-2-4-20(27)22(15)25)18(9-19(32)13-39-40(35,36)37)12-38-24(34)30-21-8-16-7-17(26)6-5-14(16)10-28-21/h2-8,10,18-19,32H,9,11-13H2,1H3,(H,29,33)(H,28,30,34)(H2,35,36,37)/t18-,19-/m0/s1. The Morgan fingerprint density at radius 3 is 2.62 bits per heavy atom. The van der Waals surface area contributed by atoms with Gasteiger partial charge in [-0.15, -0.1) is 0 Å². The Morgan fingerprint density at radius 1 is 1.15 bits per heavy atom. The molecule has 0 radical (unpaired) electrons. The van der Waals surface area contributed by atoms with E-state index in [4.69, 9.17) is 26.1 Å². The minimum atomic E-state index is -4.87. The predicted molar refractivity (Wildman–Crippen MR) is 140 cm³/mol. The summed E-state index contributed by atoms with van der Waals surface area (Å²) in [6.45, 7) is -1.38. The van der Waals surface area contributed by atoms with Crippen molar-refractivity contribution in [2.75, 3.05) is 25.6 Å². The van der Waals surface area contributed by atoms with Gasteiger partial charge in [-0.1, -0.05) is 23.7 Å². The van der Waals surface area contributed by atoms with E-state index in [1.165, 1.54) is 49.6 Å². The molecule has 1 heterocycles. The fourth-order valence-corrected chi connectivity index (χ4v) is 4.10. The van der Waals surface area contributed by atoms with E-state index in [2.05, 4.69) is 20.1 Å². The van der Waals surface area contributed by atoms with Crippen LogP contribution in [-0.2, 0) is 20.4 Å². The Hall–Kier alpha value is -3.39. The van der Waals surface area contributed by atoms with Crippen molar-refractivity contribution in [1.82, 2.24) is 15.2 Å². The molecule has 0 aliphatic carbocycles. The van der Waals surface area contributed by atoms with Crippen molar-refractivity contribution >= 4 is 48.1 Å². The Labute approximate surface area is 232 Å². The van der Waals surface area contributed by atoms with Crippen LogP contribution in [0.5, 0.6) is 0 Å². The second-order valence-electron chi connectivity index (χ2n) is 8.60. The molecule has 0 fully saturated rings. The number of fused-ring (bicyclic) bond motifs is 1. The second-order valence-corrected chi connectivity index (χ2v) is 10.2. The van der Waals surface area contributed by atoms with E-state index in [-0.39, 0.29) is 23.8 Å². The van der Waals surface area contributed by atoms with E-state index in [0.717, 1.165) is 11.0 Å².